The summed E-state index contributed by atoms with van der Waals surface area (Å²) in [5.41, 5.74) is 9.52. The summed E-state index contributed by atoms with van der Waals surface area (Å²) in [7, 11) is 0. The van der Waals surface area contributed by atoms with Crippen LogP contribution in [0, 0.1) is 0 Å². The van der Waals surface area contributed by atoms with Gasteiger partial charge in [0.1, 0.15) is 0 Å². The number of nitrogens with one attached hydrogen (secondary N) is 3. The third kappa shape index (κ3) is 3.29. The maximum Gasteiger partial charge on any atom is 0.172 e. The van der Waals surface area contributed by atoms with Gasteiger partial charge in [0, 0.05) is 16.6 Å². The van der Waals surface area contributed by atoms with Crippen molar-refractivity contribution < 1.29 is 4.79 Å². The number of carbonyl (C=O) groups excluding carboxylic acids is 1. The van der Waals surface area contributed by atoms with Gasteiger partial charge in [-0.05, 0) is 12.1 Å². The van der Waals surface area contributed by atoms with Gasteiger partial charge in [-0.1, -0.05) is 28.1 Å². The van der Waals surface area contributed by atoms with Crippen LogP contribution < -0.4 is 16.4 Å². The number of hydrazine groups is 2. The smallest absolute Gasteiger partial charge is 0.172 e. The Kier molecular flexibility index (Phi) is 4.37. The second-order valence-corrected chi connectivity index (χ2v) is 5.49. The van der Waals surface area contributed by atoms with Crippen LogP contribution in [0.4, 0.5) is 0 Å². The molecule has 1 heterocycles. The van der Waals surface area contributed by atoms with E-state index in [2.05, 4.69) is 32.3 Å². The molecule has 1 saturated heterocycles. The number of carbonyl (C=O) groups is 1. The molecule has 1 atom stereocenters. The van der Waals surface area contributed by atoms with Crippen molar-refractivity contribution >= 4 is 33.5 Å². The first kappa shape index (κ1) is 12.1. The molecular weight excluding hydrogens is 290 g/mol. The molecular formula is C10H12BrN3OS. The van der Waals surface area contributed by atoms with Gasteiger partial charge in [0.25, 0.3) is 0 Å². The summed E-state index contributed by atoms with van der Waals surface area (Å²) >= 11 is 4.94. The quantitative estimate of drug-likeness (QED) is 0.732. The van der Waals surface area contributed by atoms with Gasteiger partial charge in [-0.25, -0.2) is 10.9 Å². The van der Waals surface area contributed by atoms with E-state index in [0.29, 0.717) is 5.75 Å². The molecule has 1 fully saturated rings. The molecule has 0 aromatic heterocycles. The number of benzene rings is 1. The number of Topliss-reactive ketones (excluding diaryl/α,β-unsaturated/α-hetero) is 1. The van der Waals surface area contributed by atoms with Crippen molar-refractivity contribution in [2.45, 2.75) is 5.37 Å². The third-order valence-corrected chi connectivity index (χ3v) is 3.84. The Bertz CT molecular complexity index is 365. The zero-order chi connectivity index (χ0) is 11.4. The lowest BCUT2D eigenvalue weighted by molar-refractivity contribution is 0.102. The van der Waals surface area contributed by atoms with E-state index in [1.165, 1.54) is 0 Å². The number of hydrogen-bond donors (Lipinski definition) is 3. The first-order valence-electron chi connectivity index (χ1n) is 4.89. The van der Waals surface area contributed by atoms with Crippen LogP contribution in [0.25, 0.3) is 0 Å². The van der Waals surface area contributed by atoms with Crippen LogP contribution in [-0.4, -0.2) is 23.5 Å². The SMILES string of the molecule is O=C(CSC1CNNN1)c1ccc(Br)cc1. The van der Waals surface area contributed by atoms with Crippen molar-refractivity contribution in [3.05, 3.63) is 34.3 Å². The van der Waals surface area contributed by atoms with E-state index >= 15 is 0 Å². The number of hydrogen-bond acceptors (Lipinski definition) is 5. The van der Waals surface area contributed by atoms with Crippen LogP contribution in [0.2, 0.25) is 0 Å². The predicted molar refractivity (Wildman–Crippen MR) is 69.0 cm³/mol. The van der Waals surface area contributed by atoms with Crippen molar-refractivity contribution in [2.24, 2.45) is 0 Å². The lowest BCUT2D eigenvalue weighted by Crippen LogP contribution is -2.32. The summed E-state index contributed by atoms with van der Waals surface area (Å²) in [5.74, 6) is 0.647. The molecule has 0 aliphatic carbocycles. The number of halogens is 1. The van der Waals surface area contributed by atoms with Gasteiger partial charge in [0.15, 0.2) is 5.78 Å². The van der Waals surface area contributed by atoms with Crippen LogP contribution in [0.1, 0.15) is 10.4 Å². The lowest BCUT2D eigenvalue weighted by Gasteiger charge is -2.07. The van der Waals surface area contributed by atoms with Gasteiger partial charge in [-0.2, -0.15) is 5.53 Å². The monoisotopic (exact) mass is 301 g/mol. The first-order chi connectivity index (χ1) is 7.75. The Labute approximate surface area is 107 Å². The Balaban J connectivity index is 1.85. The van der Waals surface area contributed by atoms with Crippen LogP contribution in [0.3, 0.4) is 0 Å². The topological polar surface area (TPSA) is 53.2 Å². The molecule has 1 aromatic rings. The highest BCUT2D eigenvalue weighted by Gasteiger charge is 2.15. The number of rotatable bonds is 4. The molecule has 0 amide bonds. The molecule has 0 radical (unpaired) electrons. The first-order valence-corrected chi connectivity index (χ1v) is 6.73. The van der Waals surface area contributed by atoms with Gasteiger partial charge in [-0.3, -0.25) is 4.79 Å². The highest BCUT2D eigenvalue weighted by Crippen LogP contribution is 2.15. The molecule has 4 nitrogen and oxygen atoms in total. The van der Waals surface area contributed by atoms with Crippen molar-refractivity contribution in [1.82, 2.24) is 16.4 Å². The maximum absolute atomic E-state index is 11.8. The fraction of sp³-hybridized carbons (Fsp3) is 0.300. The second-order valence-electron chi connectivity index (χ2n) is 3.38. The minimum atomic E-state index is 0.159. The fourth-order valence-electron chi connectivity index (χ4n) is 1.32. The summed E-state index contributed by atoms with van der Waals surface area (Å²) in [5, 5.41) is 0.249. The van der Waals surface area contributed by atoms with Gasteiger partial charge in [0.05, 0.1) is 11.1 Å². The molecule has 0 saturated carbocycles. The largest absolute Gasteiger partial charge is 0.293 e. The molecule has 86 valence electrons. The molecule has 3 N–H and O–H groups in total. The molecule has 1 aliphatic heterocycles. The minimum Gasteiger partial charge on any atom is -0.293 e. The standard InChI is InChI=1S/C10H12BrN3OS/c11-8-3-1-7(2-4-8)9(15)6-16-10-5-12-14-13-10/h1-4,10,12-14H,5-6H2. The van der Waals surface area contributed by atoms with Crippen LogP contribution in [0.15, 0.2) is 28.7 Å². The van der Waals surface area contributed by atoms with E-state index in [4.69, 9.17) is 0 Å². The molecule has 16 heavy (non-hydrogen) atoms. The summed E-state index contributed by atoms with van der Waals surface area (Å²) in [6.45, 7) is 0.818. The van der Waals surface area contributed by atoms with E-state index in [-0.39, 0.29) is 11.2 Å². The molecule has 1 unspecified atom stereocenters. The average molecular weight is 302 g/mol. The summed E-state index contributed by atoms with van der Waals surface area (Å²) in [6.07, 6.45) is 0. The van der Waals surface area contributed by atoms with Crippen LogP contribution in [-0.2, 0) is 0 Å². The second kappa shape index (κ2) is 5.79. The van der Waals surface area contributed by atoms with Gasteiger partial charge >= 0.3 is 0 Å². The Morgan fingerprint density at radius 2 is 2.19 bits per heavy atom. The van der Waals surface area contributed by atoms with Crippen LogP contribution in [0.5, 0.6) is 0 Å². The van der Waals surface area contributed by atoms with E-state index in [0.717, 1.165) is 16.6 Å². The van der Waals surface area contributed by atoms with E-state index in [9.17, 15) is 4.79 Å². The summed E-state index contributed by atoms with van der Waals surface area (Å²) in [4.78, 5) is 11.8. The summed E-state index contributed by atoms with van der Waals surface area (Å²) < 4.78 is 0.988. The summed E-state index contributed by atoms with van der Waals surface area (Å²) in [6, 6.07) is 7.45. The van der Waals surface area contributed by atoms with E-state index in [1.807, 2.05) is 24.3 Å². The van der Waals surface area contributed by atoms with Gasteiger partial charge < -0.3 is 0 Å². The molecule has 1 aromatic carbocycles. The number of ketones is 1. The molecule has 2 rings (SSSR count). The highest BCUT2D eigenvalue weighted by atomic mass is 79.9. The van der Waals surface area contributed by atoms with Gasteiger partial charge in [0.2, 0.25) is 0 Å². The maximum atomic E-state index is 11.8. The minimum absolute atomic E-state index is 0.159. The van der Waals surface area contributed by atoms with Gasteiger partial charge in [-0.15, -0.1) is 11.8 Å². The van der Waals surface area contributed by atoms with Crippen molar-refractivity contribution in [2.75, 3.05) is 12.3 Å². The third-order valence-electron chi connectivity index (χ3n) is 2.19. The molecule has 0 bridgehead atoms. The highest BCUT2D eigenvalue weighted by molar-refractivity contribution is 9.10. The van der Waals surface area contributed by atoms with Crippen LogP contribution >= 0.6 is 27.7 Å². The Morgan fingerprint density at radius 1 is 1.44 bits per heavy atom. The van der Waals surface area contributed by atoms with E-state index in [1.54, 1.807) is 11.8 Å². The Hall–Kier alpha value is -0.400. The zero-order valence-electron chi connectivity index (χ0n) is 8.50. The number of thioether (sulfide) groups is 1. The molecule has 0 spiro atoms. The molecule has 1 aliphatic rings. The normalized spacial score (nSPS) is 19.9. The van der Waals surface area contributed by atoms with E-state index < -0.39 is 0 Å². The van der Waals surface area contributed by atoms with Crippen molar-refractivity contribution in [3.8, 4) is 0 Å². The fourth-order valence-corrected chi connectivity index (χ4v) is 2.45. The Morgan fingerprint density at radius 3 is 2.81 bits per heavy atom. The average Bonchev–Trinajstić information content (AvgIpc) is 2.80. The zero-order valence-corrected chi connectivity index (χ0v) is 10.9. The predicted octanol–water partition coefficient (Wildman–Crippen LogP) is 1.30. The van der Waals surface area contributed by atoms with Crippen molar-refractivity contribution in [1.29, 1.82) is 0 Å². The lowest BCUT2D eigenvalue weighted by atomic mass is 10.2. The molecule has 6 heteroatoms. The van der Waals surface area contributed by atoms with Crippen molar-refractivity contribution in [3.63, 3.8) is 0 Å².